The van der Waals surface area contributed by atoms with Gasteiger partial charge in [-0.05, 0) is 38.8 Å². The van der Waals surface area contributed by atoms with E-state index in [0.717, 1.165) is 43.1 Å². The minimum absolute atomic E-state index is 0.0220. The van der Waals surface area contributed by atoms with Crippen molar-refractivity contribution >= 4 is 0 Å². The van der Waals surface area contributed by atoms with E-state index in [4.69, 9.17) is 4.74 Å². The molecule has 4 heteroatoms. The highest BCUT2D eigenvalue weighted by molar-refractivity contribution is 5.11. The number of nitrogens with one attached hydrogen (secondary N) is 1. The number of aryl methyl sites for hydroxylation is 1. The number of nitrogens with zero attached hydrogens (tertiary/aromatic N) is 2. The molecule has 4 nitrogen and oxygen atoms in total. The molecule has 114 valence electrons. The van der Waals surface area contributed by atoms with Crippen LogP contribution in [0.1, 0.15) is 63.9 Å². The highest BCUT2D eigenvalue weighted by Crippen LogP contribution is 2.20. The predicted molar refractivity (Wildman–Crippen MR) is 82.6 cm³/mol. The van der Waals surface area contributed by atoms with Crippen LogP contribution in [0, 0.1) is 12.8 Å². The fourth-order valence-electron chi connectivity index (χ4n) is 2.13. The first kappa shape index (κ1) is 17.1. The number of ether oxygens (including phenoxy) is 1. The summed E-state index contributed by atoms with van der Waals surface area (Å²) in [5.74, 6) is 1.48. The van der Waals surface area contributed by atoms with E-state index >= 15 is 0 Å². The third-order valence-electron chi connectivity index (χ3n) is 2.99. The summed E-state index contributed by atoms with van der Waals surface area (Å²) in [7, 11) is 0. The first-order valence-electron chi connectivity index (χ1n) is 7.73. The van der Waals surface area contributed by atoms with Crippen LogP contribution in [0.3, 0.4) is 0 Å². The molecule has 20 heavy (non-hydrogen) atoms. The fraction of sp³-hybridized carbons (Fsp3) is 0.750. The Kier molecular flexibility index (Phi) is 7.70. The second kappa shape index (κ2) is 9.03. The van der Waals surface area contributed by atoms with E-state index < -0.39 is 0 Å². The van der Waals surface area contributed by atoms with Gasteiger partial charge in [-0.3, -0.25) is 0 Å². The third-order valence-corrected chi connectivity index (χ3v) is 2.99. The Hall–Kier alpha value is -1.00. The van der Waals surface area contributed by atoms with Crippen LogP contribution in [0.25, 0.3) is 0 Å². The van der Waals surface area contributed by atoms with E-state index in [1.54, 1.807) is 0 Å². The standard InChI is InChI=1S/C16H29N3O/c1-6-8-15(20-7-2)16-18-13(5)9-14(19-16)11-17-10-12(3)4/h9,12,15,17H,6-8,10-11H2,1-5H3. The average molecular weight is 279 g/mol. The van der Waals surface area contributed by atoms with Gasteiger partial charge in [0.15, 0.2) is 5.82 Å². The largest absolute Gasteiger partial charge is 0.371 e. The van der Waals surface area contributed by atoms with Crippen molar-refractivity contribution in [1.82, 2.24) is 15.3 Å². The monoisotopic (exact) mass is 279 g/mol. The van der Waals surface area contributed by atoms with Crippen LogP contribution in [0.2, 0.25) is 0 Å². The first-order valence-corrected chi connectivity index (χ1v) is 7.73. The molecule has 1 atom stereocenters. The molecule has 0 amide bonds. The van der Waals surface area contributed by atoms with Crippen LogP contribution in [-0.2, 0) is 11.3 Å². The first-order chi connectivity index (χ1) is 9.56. The summed E-state index contributed by atoms with van der Waals surface area (Å²) in [5.41, 5.74) is 2.06. The molecule has 1 aromatic rings. The Morgan fingerprint density at radius 3 is 2.60 bits per heavy atom. The molecule has 1 N–H and O–H groups in total. The van der Waals surface area contributed by atoms with Gasteiger partial charge in [0.1, 0.15) is 6.10 Å². The van der Waals surface area contributed by atoms with Crippen LogP contribution in [0.4, 0.5) is 0 Å². The Balaban J connectivity index is 2.77. The Morgan fingerprint density at radius 2 is 2.00 bits per heavy atom. The van der Waals surface area contributed by atoms with Crippen molar-refractivity contribution in [3.63, 3.8) is 0 Å². The summed E-state index contributed by atoms with van der Waals surface area (Å²) in [4.78, 5) is 9.22. The highest BCUT2D eigenvalue weighted by Gasteiger charge is 2.15. The summed E-state index contributed by atoms with van der Waals surface area (Å²) in [6.07, 6.45) is 2.06. The van der Waals surface area contributed by atoms with Gasteiger partial charge in [-0.1, -0.05) is 27.2 Å². The van der Waals surface area contributed by atoms with Crippen molar-refractivity contribution in [3.8, 4) is 0 Å². The molecular formula is C16H29N3O. The second-order valence-corrected chi connectivity index (χ2v) is 5.62. The smallest absolute Gasteiger partial charge is 0.157 e. The number of hydrogen-bond acceptors (Lipinski definition) is 4. The Bertz CT molecular complexity index is 387. The molecule has 0 saturated carbocycles. The molecule has 0 aliphatic carbocycles. The molecule has 0 saturated heterocycles. The highest BCUT2D eigenvalue weighted by atomic mass is 16.5. The molecule has 0 bridgehead atoms. The molecule has 1 heterocycles. The zero-order chi connectivity index (χ0) is 15.0. The van der Waals surface area contributed by atoms with Crippen LogP contribution < -0.4 is 5.32 Å². The van der Waals surface area contributed by atoms with Crippen molar-refractivity contribution in [1.29, 1.82) is 0 Å². The quantitative estimate of drug-likeness (QED) is 0.752. The minimum atomic E-state index is 0.0220. The fourth-order valence-corrected chi connectivity index (χ4v) is 2.13. The summed E-state index contributed by atoms with van der Waals surface area (Å²) in [6.45, 7) is 13.1. The molecule has 0 spiro atoms. The van der Waals surface area contributed by atoms with Gasteiger partial charge in [0.2, 0.25) is 0 Å². The van der Waals surface area contributed by atoms with E-state index in [1.165, 1.54) is 0 Å². The zero-order valence-corrected chi connectivity index (χ0v) is 13.6. The van der Waals surface area contributed by atoms with Gasteiger partial charge in [0, 0.05) is 18.8 Å². The van der Waals surface area contributed by atoms with Crippen molar-refractivity contribution < 1.29 is 4.74 Å². The van der Waals surface area contributed by atoms with E-state index in [2.05, 4.69) is 36.1 Å². The van der Waals surface area contributed by atoms with Crippen molar-refractivity contribution in [2.24, 2.45) is 5.92 Å². The normalized spacial score (nSPS) is 12.9. The van der Waals surface area contributed by atoms with Crippen LogP contribution in [0.5, 0.6) is 0 Å². The van der Waals surface area contributed by atoms with Crippen LogP contribution in [0.15, 0.2) is 6.07 Å². The lowest BCUT2D eigenvalue weighted by Crippen LogP contribution is -2.21. The van der Waals surface area contributed by atoms with E-state index in [1.807, 2.05) is 19.9 Å². The Morgan fingerprint density at radius 1 is 1.25 bits per heavy atom. The van der Waals surface area contributed by atoms with Crippen molar-refractivity contribution in [2.75, 3.05) is 13.2 Å². The predicted octanol–water partition coefficient (Wildman–Crippen LogP) is 3.41. The van der Waals surface area contributed by atoms with E-state index in [0.29, 0.717) is 12.5 Å². The molecule has 0 aliphatic rings. The average Bonchev–Trinajstić information content (AvgIpc) is 2.37. The third kappa shape index (κ3) is 5.97. The second-order valence-electron chi connectivity index (χ2n) is 5.62. The van der Waals surface area contributed by atoms with Gasteiger partial charge in [0.25, 0.3) is 0 Å². The van der Waals surface area contributed by atoms with Gasteiger partial charge in [-0.2, -0.15) is 0 Å². The molecule has 1 rings (SSSR count). The van der Waals surface area contributed by atoms with Crippen molar-refractivity contribution in [2.45, 2.75) is 60.1 Å². The van der Waals surface area contributed by atoms with Gasteiger partial charge < -0.3 is 10.1 Å². The summed E-state index contributed by atoms with van der Waals surface area (Å²) in [5, 5.41) is 3.43. The molecule has 0 radical (unpaired) electrons. The maximum absolute atomic E-state index is 5.78. The SMILES string of the molecule is CCCC(OCC)c1nc(C)cc(CNCC(C)C)n1. The molecule has 0 fully saturated rings. The lowest BCUT2D eigenvalue weighted by atomic mass is 10.2. The molecule has 0 aliphatic heterocycles. The van der Waals surface area contributed by atoms with Gasteiger partial charge in [-0.15, -0.1) is 0 Å². The molecule has 0 aromatic carbocycles. The number of hydrogen-bond donors (Lipinski definition) is 1. The molecule has 1 aromatic heterocycles. The van der Waals surface area contributed by atoms with Crippen LogP contribution >= 0.6 is 0 Å². The minimum Gasteiger partial charge on any atom is -0.371 e. The van der Waals surface area contributed by atoms with Gasteiger partial charge >= 0.3 is 0 Å². The van der Waals surface area contributed by atoms with E-state index in [9.17, 15) is 0 Å². The van der Waals surface area contributed by atoms with Gasteiger partial charge in [0.05, 0.1) is 5.69 Å². The summed E-state index contributed by atoms with van der Waals surface area (Å²) in [6, 6.07) is 2.05. The summed E-state index contributed by atoms with van der Waals surface area (Å²) < 4.78 is 5.78. The number of aromatic nitrogens is 2. The maximum Gasteiger partial charge on any atom is 0.157 e. The van der Waals surface area contributed by atoms with Gasteiger partial charge in [-0.25, -0.2) is 9.97 Å². The van der Waals surface area contributed by atoms with Crippen LogP contribution in [-0.4, -0.2) is 23.1 Å². The topological polar surface area (TPSA) is 47.0 Å². The molecular weight excluding hydrogens is 250 g/mol. The molecule has 1 unspecified atom stereocenters. The maximum atomic E-state index is 5.78. The lowest BCUT2D eigenvalue weighted by Gasteiger charge is -2.16. The summed E-state index contributed by atoms with van der Waals surface area (Å²) >= 11 is 0. The number of rotatable bonds is 9. The Labute approximate surface area is 123 Å². The lowest BCUT2D eigenvalue weighted by molar-refractivity contribution is 0.0491. The zero-order valence-electron chi connectivity index (χ0n) is 13.6. The van der Waals surface area contributed by atoms with Crippen molar-refractivity contribution in [3.05, 3.63) is 23.3 Å². The van der Waals surface area contributed by atoms with E-state index in [-0.39, 0.29) is 6.10 Å².